The molecule has 0 radical (unpaired) electrons. The van der Waals surface area contributed by atoms with Crippen molar-refractivity contribution in [2.24, 2.45) is 5.41 Å². The Labute approximate surface area is 155 Å². The molecule has 144 valence electrons. The number of carbonyl (C=O) groups excluding carboxylic acids is 2. The Kier molecular flexibility index (Phi) is 5.65. The average Bonchev–Trinajstić information content (AvgIpc) is 3.13. The predicted octanol–water partition coefficient (Wildman–Crippen LogP) is 1.96. The Morgan fingerprint density at radius 2 is 2.04 bits per heavy atom. The van der Waals surface area contributed by atoms with E-state index in [2.05, 4.69) is 5.10 Å². The number of hydrogen-bond donors (Lipinski definition) is 0. The van der Waals surface area contributed by atoms with Gasteiger partial charge in [-0.05, 0) is 38.5 Å². The summed E-state index contributed by atoms with van der Waals surface area (Å²) >= 11 is 0. The van der Waals surface area contributed by atoms with Crippen LogP contribution in [0.2, 0.25) is 0 Å². The number of ether oxygens (including phenoxy) is 1. The summed E-state index contributed by atoms with van der Waals surface area (Å²) in [5, 5.41) is 4.27. The monoisotopic (exact) mass is 362 g/mol. The van der Waals surface area contributed by atoms with Crippen molar-refractivity contribution in [1.29, 1.82) is 0 Å². The number of piperidine rings is 2. The van der Waals surface area contributed by atoms with Gasteiger partial charge in [-0.25, -0.2) is 0 Å². The molecule has 3 heterocycles. The average molecular weight is 362 g/mol. The van der Waals surface area contributed by atoms with Gasteiger partial charge in [0.15, 0.2) is 0 Å². The van der Waals surface area contributed by atoms with Crippen LogP contribution in [0, 0.1) is 5.41 Å². The number of methoxy groups -OCH3 is 1. The maximum Gasteiger partial charge on any atom is 0.257 e. The van der Waals surface area contributed by atoms with Crippen molar-refractivity contribution in [3.63, 3.8) is 0 Å². The molecule has 0 N–H and O–H groups in total. The van der Waals surface area contributed by atoms with Crippen LogP contribution in [0.3, 0.4) is 0 Å². The molecule has 0 aromatic carbocycles. The predicted molar refractivity (Wildman–Crippen MR) is 97.9 cm³/mol. The van der Waals surface area contributed by atoms with Gasteiger partial charge in [-0.3, -0.25) is 14.3 Å². The van der Waals surface area contributed by atoms with E-state index in [9.17, 15) is 9.59 Å². The minimum Gasteiger partial charge on any atom is -0.383 e. The van der Waals surface area contributed by atoms with E-state index in [0.717, 1.165) is 38.9 Å². The largest absolute Gasteiger partial charge is 0.383 e. The van der Waals surface area contributed by atoms with Gasteiger partial charge in [0.1, 0.15) is 0 Å². The molecule has 2 aliphatic heterocycles. The molecule has 0 saturated carbocycles. The van der Waals surface area contributed by atoms with E-state index >= 15 is 0 Å². The lowest BCUT2D eigenvalue weighted by Crippen LogP contribution is -2.52. The normalized spacial score (nSPS) is 20.2. The van der Waals surface area contributed by atoms with Crippen LogP contribution in [0.25, 0.3) is 0 Å². The number of rotatable bonds is 5. The third-order valence-corrected chi connectivity index (χ3v) is 5.80. The molecule has 7 nitrogen and oxygen atoms in total. The van der Waals surface area contributed by atoms with Crippen LogP contribution < -0.4 is 0 Å². The van der Waals surface area contributed by atoms with Gasteiger partial charge in [0, 0.05) is 51.9 Å². The second-order valence-electron chi connectivity index (χ2n) is 7.90. The lowest BCUT2D eigenvalue weighted by molar-refractivity contribution is -0.139. The lowest BCUT2D eigenvalue weighted by Gasteiger charge is -2.47. The van der Waals surface area contributed by atoms with Gasteiger partial charge < -0.3 is 14.5 Å². The highest BCUT2D eigenvalue weighted by Crippen LogP contribution is 2.40. The van der Waals surface area contributed by atoms with E-state index in [4.69, 9.17) is 4.74 Å². The number of nitrogens with zero attached hydrogens (tertiary/aromatic N) is 4. The highest BCUT2D eigenvalue weighted by molar-refractivity contribution is 5.93. The zero-order valence-corrected chi connectivity index (χ0v) is 16.1. The molecule has 0 bridgehead atoms. The SMILES string of the molecule is COCCN1CC2(CCC1=O)CCN(C(=O)c1cnn(C(C)C)c1)CC2. The van der Waals surface area contributed by atoms with Crippen LogP contribution in [0.1, 0.15) is 55.9 Å². The first-order valence-electron chi connectivity index (χ1n) is 9.54. The minimum absolute atomic E-state index is 0.0647. The van der Waals surface area contributed by atoms with Gasteiger partial charge in [-0.2, -0.15) is 5.10 Å². The Morgan fingerprint density at radius 1 is 1.31 bits per heavy atom. The summed E-state index contributed by atoms with van der Waals surface area (Å²) in [6, 6.07) is 0.249. The molecule has 1 spiro atoms. The summed E-state index contributed by atoms with van der Waals surface area (Å²) in [6.07, 6.45) is 6.95. The third kappa shape index (κ3) is 3.92. The maximum atomic E-state index is 12.8. The van der Waals surface area contributed by atoms with Gasteiger partial charge in [-0.1, -0.05) is 0 Å². The Hall–Kier alpha value is -1.89. The van der Waals surface area contributed by atoms with Crippen LogP contribution in [0.15, 0.2) is 12.4 Å². The molecule has 2 amide bonds. The molecule has 1 aromatic heterocycles. The first kappa shape index (κ1) is 18.9. The Morgan fingerprint density at radius 3 is 2.65 bits per heavy atom. The fourth-order valence-corrected chi connectivity index (χ4v) is 4.01. The van der Waals surface area contributed by atoms with Crippen molar-refractivity contribution in [3.8, 4) is 0 Å². The highest BCUT2D eigenvalue weighted by atomic mass is 16.5. The van der Waals surface area contributed by atoms with Crippen LogP contribution in [-0.4, -0.2) is 71.3 Å². The van der Waals surface area contributed by atoms with Gasteiger partial charge in [-0.15, -0.1) is 0 Å². The van der Waals surface area contributed by atoms with Gasteiger partial charge >= 0.3 is 0 Å². The molecule has 2 fully saturated rings. The molecule has 7 heteroatoms. The maximum absolute atomic E-state index is 12.8. The molecule has 0 atom stereocenters. The molecular formula is C19H30N4O3. The van der Waals surface area contributed by atoms with E-state index in [1.54, 1.807) is 13.3 Å². The van der Waals surface area contributed by atoms with Gasteiger partial charge in [0.2, 0.25) is 5.91 Å². The highest BCUT2D eigenvalue weighted by Gasteiger charge is 2.41. The standard InChI is InChI=1S/C19H30N4O3/c1-15(2)23-13-16(12-20-23)18(25)21-8-6-19(7-9-21)5-4-17(24)22(14-19)10-11-26-3/h12-13,15H,4-11,14H2,1-3H3. The third-order valence-electron chi connectivity index (χ3n) is 5.80. The van der Waals surface area contributed by atoms with Crippen molar-refractivity contribution in [1.82, 2.24) is 19.6 Å². The summed E-state index contributed by atoms with van der Waals surface area (Å²) in [4.78, 5) is 28.8. The number of aromatic nitrogens is 2. The second-order valence-corrected chi connectivity index (χ2v) is 7.90. The summed E-state index contributed by atoms with van der Waals surface area (Å²) < 4.78 is 6.95. The smallest absolute Gasteiger partial charge is 0.257 e. The van der Waals surface area contributed by atoms with E-state index in [1.807, 2.05) is 34.5 Å². The summed E-state index contributed by atoms with van der Waals surface area (Å²) in [7, 11) is 1.66. The summed E-state index contributed by atoms with van der Waals surface area (Å²) in [5.74, 6) is 0.294. The molecule has 1 aromatic rings. The summed E-state index contributed by atoms with van der Waals surface area (Å²) in [6.45, 7) is 7.62. The van der Waals surface area contributed by atoms with Crippen molar-refractivity contribution < 1.29 is 14.3 Å². The van der Waals surface area contributed by atoms with Crippen LogP contribution in [-0.2, 0) is 9.53 Å². The van der Waals surface area contributed by atoms with Crippen molar-refractivity contribution >= 4 is 11.8 Å². The van der Waals surface area contributed by atoms with Crippen LogP contribution in [0.5, 0.6) is 0 Å². The van der Waals surface area contributed by atoms with E-state index in [-0.39, 0.29) is 23.3 Å². The lowest BCUT2D eigenvalue weighted by atomic mass is 9.72. The molecular weight excluding hydrogens is 332 g/mol. The van der Waals surface area contributed by atoms with Crippen molar-refractivity contribution in [3.05, 3.63) is 18.0 Å². The number of likely N-dealkylation sites (tertiary alicyclic amines) is 2. The number of carbonyl (C=O) groups is 2. The number of hydrogen-bond acceptors (Lipinski definition) is 4. The fraction of sp³-hybridized carbons (Fsp3) is 0.737. The molecule has 26 heavy (non-hydrogen) atoms. The van der Waals surface area contributed by atoms with Gasteiger partial charge in [0.05, 0.1) is 18.4 Å². The number of amides is 2. The molecule has 0 aliphatic carbocycles. The quantitative estimate of drug-likeness (QED) is 0.803. The Bertz CT molecular complexity index is 647. The molecule has 2 aliphatic rings. The van der Waals surface area contributed by atoms with Crippen LogP contribution in [0.4, 0.5) is 0 Å². The van der Waals surface area contributed by atoms with Crippen LogP contribution >= 0.6 is 0 Å². The van der Waals surface area contributed by atoms with Crippen molar-refractivity contribution in [2.75, 3.05) is 39.9 Å². The first-order chi connectivity index (χ1) is 12.4. The van der Waals surface area contributed by atoms with E-state index < -0.39 is 0 Å². The van der Waals surface area contributed by atoms with E-state index in [0.29, 0.717) is 25.1 Å². The second kappa shape index (κ2) is 7.78. The van der Waals surface area contributed by atoms with Gasteiger partial charge in [0.25, 0.3) is 5.91 Å². The fourth-order valence-electron chi connectivity index (χ4n) is 4.01. The Balaban J connectivity index is 1.59. The molecule has 2 saturated heterocycles. The zero-order valence-electron chi connectivity index (χ0n) is 16.1. The topological polar surface area (TPSA) is 67.7 Å². The minimum atomic E-state index is 0.0647. The molecule has 0 unspecified atom stereocenters. The molecule has 3 rings (SSSR count). The first-order valence-corrected chi connectivity index (χ1v) is 9.54. The van der Waals surface area contributed by atoms with E-state index in [1.165, 1.54) is 0 Å². The summed E-state index contributed by atoms with van der Waals surface area (Å²) in [5.41, 5.74) is 0.816. The van der Waals surface area contributed by atoms with Crippen molar-refractivity contribution in [2.45, 2.75) is 45.6 Å². The zero-order chi connectivity index (χ0) is 18.7.